The number of nitrogens with zero attached hydrogens (tertiary/aromatic N) is 1. The Labute approximate surface area is 117 Å². The number of aromatic nitrogens is 2. The predicted molar refractivity (Wildman–Crippen MR) is 80.6 cm³/mol. The van der Waals surface area contributed by atoms with Crippen molar-refractivity contribution in [3.05, 3.63) is 48.0 Å². The van der Waals surface area contributed by atoms with Crippen molar-refractivity contribution in [1.29, 1.82) is 0 Å². The van der Waals surface area contributed by atoms with Crippen molar-refractivity contribution < 1.29 is 4.74 Å². The summed E-state index contributed by atoms with van der Waals surface area (Å²) >= 11 is 0. The van der Waals surface area contributed by atoms with E-state index in [1.165, 1.54) is 0 Å². The maximum absolute atomic E-state index is 5.61. The molecule has 1 heterocycles. The van der Waals surface area contributed by atoms with Crippen LogP contribution in [0.15, 0.2) is 42.5 Å². The van der Waals surface area contributed by atoms with E-state index in [4.69, 9.17) is 10.5 Å². The molecular formula is C16H17N3O. The second kappa shape index (κ2) is 5.35. The highest BCUT2D eigenvalue weighted by Gasteiger charge is 2.06. The molecule has 0 spiro atoms. The molecule has 0 aliphatic rings. The summed E-state index contributed by atoms with van der Waals surface area (Å²) in [6.45, 7) is 3.19. The number of nitrogens with two attached hydrogens (primary N) is 1. The second-order valence-corrected chi connectivity index (χ2v) is 4.60. The average molecular weight is 267 g/mol. The summed E-state index contributed by atoms with van der Waals surface area (Å²) in [5, 5.41) is 0. The zero-order chi connectivity index (χ0) is 13.9. The Morgan fingerprint density at radius 2 is 1.95 bits per heavy atom. The van der Waals surface area contributed by atoms with Gasteiger partial charge in [0.05, 0.1) is 17.6 Å². The van der Waals surface area contributed by atoms with Crippen molar-refractivity contribution in [3.8, 4) is 17.1 Å². The zero-order valence-electron chi connectivity index (χ0n) is 11.4. The van der Waals surface area contributed by atoms with Crippen molar-refractivity contribution in [2.75, 3.05) is 6.61 Å². The average Bonchev–Trinajstić information content (AvgIpc) is 2.91. The van der Waals surface area contributed by atoms with Gasteiger partial charge in [0.15, 0.2) is 0 Å². The first-order valence-electron chi connectivity index (χ1n) is 6.72. The maximum atomic E-state index is 5.61. The first kappa shape index (κ1) is 12.7. The van der Waals surface area contributed by atoms with Gasteiger partial charge in [-0.05, 0) is 24.6 Å². The monoisotopic (exact) mass is 267 g/mol. The smallest absolute Gasteiger partial charge is 0.138 e. The number of hydrogen-bond donors (Lipinski definition) is 2. The Bertz CT molecular complexity index is 716. The van der Waals surface area contributed by atoms with Gasteiger partial charge < -0.3 is 15.5 Å². The lowest BCUT2D eigenvalue weighted by atomic mass is 10.1. The van der Waals surface area contributed by atoms with Gasteiger partial charge in [0.1, 0.15) is 11.6 Å². The summed E-state index contributed by atoms with van der Waals surface area (Å²) in [6, 6.07) is 14.0. The van der Waals surface area contributed by atoms with Gasteiger partial charge in [-0.1, -0.05) is 24.3 Å². The third kappa shape index (κ3) is 2.38. The predicted octanol–water partition coefficient (Wildman–Crippen LogP) is 3.09. The van der Waals surface area contributed by atoms with Crippen LogP contribution in [0.1, 0.15) is 12.5 Å². The van der Waals surface area contributed by atoms with Gasteiger partial charge in [-0.3, -0.25) is 0 Å². The number of imidazole rings is 1. The Hall–Kier alpha value is -2.33. The minimum Gasteiger partial charge on any atom is -0.494 e. The Kier molecular flexibility index (Phi) is 3.39. The quantitative estimate of drug-likeness (QED) is 0.763. The number of H-pyrrole nitrogens is 1. The van der Waals surface area contributed by atoms with Gasteiger partial charge in [-0.25, -0.2) is 4.98 Å². The molecule has 3 N–H and O–H groups in total. The van der Waals surface area contributed by atoms with Crippen molar-refractivity contribution in [2.24, 2.45) is 5.73 Å². The van der Waals surface area contributed by atoms with E-state index in [9.17, 15) is 0 Å². The van der Waals surface area contributed by atoms with Gasteiger partial charge >= 0.3 is 0 Å². The molecule has 0 saturated heterocycles. The largest absolute Gasteiger partial charge is 0.494 e. The minimum absolute atomic E-state index is 0.554. The van der Waals surface area contributed by atoms with Gasteiger partial charge in [0.25, 0.3) is 0 Å². The maximum Gasteiger partial charge on any atom is 0.138 e. The van der Waals surface area contributed by atoms with Crippen LogP contribution in [0.4, 0.5) is 0 Å². The molecule has 0 radical (unpaired) electrons. The van der Waals surface area contributed by atoms with Crippen LogP contribution in [0.2, 0.25) is 0 Å². The molecule has 0 saturated carbocycles. The topological polar surface area (TPSA) is 63.9 Å². The van der Waals surface area contributed by atoms with Crippen LogP contribution < -0.4 is 10.5 Å². The van der Waals surface area contributed by atoms with E-state index >= 15 is 0 Å². The van der Waals surface area contributed by atoms with E-state index in [2.05, 4.69) is 9.97 Å². The molecular weight excluding hydrogens is 250 g/mol. The Morgan fingerprint density at radius 3 is 2.65 bits per heavy atom. The lowest BCUT2D eigenvalue weighted by molar-refractivity contribution is 0.340. The molecule has 0 aliphatic heterocycles. The number of fused-ring (bicyclic) bond motifs is 1. The first-order valence-corrected chi connectivity index (χ1v) is 6.72. The number of ether oxygens (including phenoxy) is 1. The molecule has 1 aromatic heterocycles. The fraction of sp³-hybridized carbons (Fsp3) is 0.188. The minimum atomic E-state index is 0.554. The van der Waals surface area contributed by atoms with Gasteiger partial charge in [-0.15, -0.1) is 0 Å². The molecule has 0 bridgehead atoms. The SMILES string of the molecule is CCOc1ccc2nc(-c3ccc(CN)cc3)[nH]c2c1. The summed E-state index contributed by atoms with van der Waals surface area (Å²) in [5.74, 6) is 1.71. The van der Waals surface area contributed by atoms with E-state index in [1.807, 2.05) is 49.4 Å². The fourth-order valence-electron chi connectivity index (χ4n) is 2.18. The number of hydrogen-bond acceptors (Lipinski definition) is 3. The van der Waals surface area contributed by atoms with Crippen molar-refractivity contribution in [3.63, 3.8) is 0 Å². The fourth-order valence-corrected chi connectivity index (χ4v) is 2.18. The Balaban J connectivity index is 1.98. The lowest BCUT2D eigenvalue weighted by Gasteiger charge is -2.00. The highest BCUT2D eigenvalue weighted by atomic mass is 16.5. The molecule has 0 fully saturated rings. The van der Waals surface area contributed by atoms with Crippen molar-refractivity contribution in [1.82, 2.24) is 9.97 Å². The molecule has 3 aromatic rings. The summed E-state index contributed by atoms with van der Waals surface area (Å²) in [5.41, 5.74) is 9.69. The third-order valence-corrected chi connectivity index (χ3v) is 3.23. The van der Waals surface area contributed by atoms with Crippen LogP contribution >= 0.6 is 0 Å². The third-order valence-electron chi connectivity index (χ3n) is 3.23. The number of nitrogens with one attached hydrogen (secondary N) is 1. The molecule has 4 heteroatoms. The van der Waals surface area contributed by atoms with Crippen LogP contribution in [-0.4, -0.2) is 16.6 Å². The molecule has 4 nitrogen and oxygen atoms in total. The van der Waals surface area contributed by atoms with E-state index in [0.717, 1.165) is 33.7 Å². The summed E-state index contributed by atoms with van der Waals surface area (Å²) in [4.78, 5) is 7.92. The molecule has 0 atom stereocenters. The summed E-state index contributed by atoms with van der Waals surface area (Å²) in [6.07, 6.45) is 0. The van der Waals surface area contributed by atoms with Gasteiger partial charge in [0.2, 0.25) is 0 Å². The van der Waals surface area contributed by atoms with Gasteiger partial charge in [0, 0.05) is 18.2 Å². The van der Waals surface area contributed by atoms with Crippen LogP contribution in [0.3, 0.4) is 0 Å². The Morgan fingerprint density at radius 1 is 1.15 bits per heavy atom. The van der Waals surface area contributed by atoms with Gasteiger partial charge in [-0.2, -0.15) is 0 Å². The van der Waals surface area contributed by atoms with E-state index in [-0.39, 0.29) is 0 Å². The number of aromatic amines is 1. The van der Waals surface area contributed by atoms with Crippen molar-refractivity contribution >= 4 is 11.0 Å². The first-order chi connectivity index (χ1) is 9.80. The zero-order valence-corrected chi connectivity index (χ0v) is 11.4. The van der Waals surface area contributed by atoms with E-state index in [0.29, 0.717) is 13.2 Å². The molecule has 0 unspecified atom stereocenters. The van der Waals surface area contributed by atoms with E-state index < -0.39 is 0 Å². The van der Waals surface area contributed by atoms with Crippen LogP contribution in [0.5, 0.6) is 5.75 Å². The number of rotatable bonds is 4. The molecule has 0 aliphatic carbocycles. The molecule has 3 rings (SSSR count). The normalized spacial score (nSPS) is 10.9. The van der Waals surface area contributed by atoms with Crippen LogP contribution in [-0.2, 0) is 6.54 Å². The molecule has 2 aromatic carbocycles. The number of benzene rings is 2. The standard InChI is InChI=1S/C16H17N3O/c1-2-20-13-7-8-14-15(9-13)19-16(18-14)12-5-3-11(10-17)4-6-12/h3-9H,2,10,17H2,1H3,(H,18,19). The summed E-state index contributed by atoms with van der Waals surface area (Å²) in [7, 11) is 0. The molecule has 20 heavy (non-hydrogen) atoms. The molecule has 0 amide bonds. The second-order valence-electron chi connectivity index (χ2n) is 4.60. The van der Waals surface area contributed by atoms with Crippen LogP contribution in [0, 0.1) is 0 Å². The highest BCUT2D eigenvalue weighted by molar-refractivity contribution is 5.80. The lowest BCUT2D eigenvalue weighted by Crippen LogP contribution is -1.95. The highest BCUT2D eigenvalue weighted by Crippen LogP contribution is 2.24. The van der Waals surface area contributed by atoms with Crippen molar-refractivity contribution in [2.45, 2.75) is 13.5 Å². The summed E-state index contributed by atoms with van der Waals surface area (Å²) < 4.78 is 5.50. The molecule has 102 valence electrons. The van der Waals surface area contributed by atoms with Crippen LogP contribution in [0.25, 0.3) is 22.4 Å². The van der Waals surface area contributed by atoms with E-state index in [1.54, 1.807) is 0 Å².